The van der Waals surface area contributed by atoms with Crippen LogP contribution in [-0.4, -0.2) is 19.3 Å². The lowest BCUT2D eigenvalue weighted by molar-refractivity contribution is 0.1000. The van der Waals surface area contributed by atoms with E-state index in [1.54, 1.807) is 61.8 Å². The summed E-state index contributed by atoms with van der Waals surface area (Å²) >= 11 is 0. The van der Waals surface area contributed by atoms with Gasteiger partial charge in [-0.05, 0) is 36.8 Å². The van der Waals surface area contributed by atoms with Gasteiger partial charge in [-0.1, -0.05) is 24.3 Å². The zero-order valence-corrected chi connectivity index (χ0v) is 14.3. The molecule has 6 nitrogen and oxygen atoms in total. The van der Waals surface area contributed by atoms with E-state index in [1.165, 1.54) is 0 Å². The third-order valence-electron chi connectivity index (χ3n) is 3.96. The summed E-state index contributed by atoms with van der Waals surface area (Å²) in [7, 11) is -3.73. The van der Waals surface area contributed by atoms with Crippen LogP contribution < -0.4 is 10.5 Å². The van der Waals surface area contributed by atoms with Gasteiger partial charge in [0.1, 0.15) is 0 Å². The largest absolute Gasteiger partial charge is 0.366 e. The monoisotopic (exact) mass is 355 g/mol. The summed E-state index contributed by atoms with van der Waals surface area (Å²) in [6.45, 7) is 1.74. The summed E-state index contributed by atoms with van der Waals surface area (Å²) < 4.78 is 28.3. The number of sulfonamides is 1. The molecule has 1 aromatic heterocycles. The van der Waals surface area contributed by atoms with Crippen molar-refractivity contribution in [3.8, 4) is 0 Å². The molecule has 25 heavy (non-hydrogen) atoms. The molecule has 0 saturated heterocycles. The van der Waals surface area contributed by atoms with E-state index < -0.39 is 22.0 Å². The highest BCUT2D eigenvalue weighted by Gasteiger charge is 2.20. The molecule has 0 saturated carbocycles. The van der Waals surface area contributed by atoms with Gasteiger partial charge in [0.05, 0.1) is 4.90 Å². The first-order chi connectivity index (χ1) is 11.9. The van der Waals surface area contributed by atoms with Crippen molar-refractivity contribution >= 4 is 26.7 Å². The van der Waals surface area contributed by atoms with Crippen LogP contribution in [0.15, 0.2) is 65.8 Å². The average Bonchev–Trinajstić information content (AvgIpc) is 2.61. The van der Waals surface area contributed by atoms with Gasteiger partial charge in [-0.2, -0.15) is 0 Å². The number of hydrogen-bond donors (Lipinski definition) is 2. The van der Waals surface area contributed by atoms with E-state index in [0.29, 0.717) is 10.9 Å². The van der Waals surface area contributed by atoms with E-state index in [0.717, 1.165) is 10.9 Å². The maximum absolute atomic E-state index is 12.8. The molecule has 0 fully saturated rings. The fourth-order valence-corrected chi connectivity index (χ4v) is 4.09. The predicted molar refractivity (Wildman–Crippen MR) is 95.4 cm³/mol. The lowest BCUT2D eigenvalue weighted by Crippen LogP contribution is -2.27. The highest BCUT2D eigenvalue weighted by Crippen LogP contribution is 2.24. The summed E-state index contributed by atoms with van der Waals surface area (Å²) in [6, 6.07) is 12.8. The van der Waals surface area contributed by atoms with Gasteiger partial charge in [0, 0.05) is 34.8 Å². The number of fused-ring (bicyclic) bond motifs is 1. The number of primary amides is 1. The van der Waals surface area contributed by atoms with Crippen molar-refractivity contribution in [2.45, 2.75) is 17.9 Å². The molecule has 0 aliphatic heterocycles. The first kappa shape index (κ1) is 17.1. The minimum Gasteiger partial charge on any atom is -0.366 e. The van der Waals surface area contributed by atoms with Crippen molar-refractivity contribution in [1.29, 1.82) is 0 Å². The molecular formula is C18H17N3O3S. The molecular weight excluding hydrogens is 338 g/mol. The first-order valence-corrected chi connectivity index (χ1v) is 9.11. The summed E-state index contributed by atoms with van der Waals surface area (Å²) in [5.41, 5.74) is 6.32. The van der Waals surface area contributed by atoms with E-state index in [9.17, 15) is 13.2 Å². The Bertz CT molecular complexity index is 1030. The molecule has 0 spiro atoms. The number of hydrogen-bond acceptors (Lipinski definition) is 4. The number of aromatic nitrogens is 1. The van der Waals surface area contributed by atoms with Crippen molar-refractivity contribution in [2.75, 3.05) is 0 Å². The predicted octanol–water partition coefficient (Wildman–Crippen LogP) is 2.37. The van der Waals surface area contributed by atoms with Crippen LogP contribution in [0, 0.1) is 0 Å². The molecule has 0 aliphatic rings. The van der Waals surface area contributed by atoms with Gasteiger partial charge in [0.15, 0.2) is 0 Å². The van der Waals surface area contributed by atoms with E-state index >= 15 is 0 Å². The number of rotatable bonds is 5. The van der Waals surface area contributed by atoms with Crippen LogP contribution >= 0.6 is 0 Å². The highest BCUT2D eigenvalue weighted by molar-refractivity contribution is 7.89. The van der Waals surface area contributed by atoms with Crippen LogP contribution in [0.5, 0.6) is 0 Å². The summed E-state index contributed by atoms with van der Waals surface area (Å²) in [5.74, 6) is -0.524. The maximum atomic E-state index is 12.8. The molecule has 3 rings (SSSR count). The van der Waals surface area contributed by atoms with Crippen molar-refractivity contribution in [3.63, 3.8) is 0 Å². The summed E-state index contributed by atoms with van der Waals surface area (Å²) in [4.78, 5) is 15.3. The van der Waals surface area contributed by atoms with Gasteiger partial charge in [-0.25, -0.2) is 13.1 Å². The molecule has 0 radical (unpaired) electrons. The Kier molecular flexibility index (Phi) is 4.52. The minimum atomic E-state index is -3.73. The zero-order valence-electron chi connectivity index (χ0n) is 13.5. The molecule has 1 unspecified atom stereocenters. The zero-order chi connectivity index (χ0) is 18.0. The Labute approximate surface area is 145 Å². The normalized spacial score (nSPS) is 12.8. The van der Waals surface area contributed by atoms with Crippen LogP contribution in [0.4, 0.5) is 0 Å². The fourth-order valence-electron chi connectivity index (χ4n) is 2.63. The van der Waals surface area contributed by atoms with Gasteiger partial charge >= 0.3 is 0 Å². The van der Waals surface area contributed by atoms with Crippen LogP contribution in [0.3, 0.4) is 0 Å². The second kappa shape index (κ2) is 6.62. The number of nitrogens with two attached hydrogens (primary N) is 1. The van der Waals surface area contributed by atoms with Crippen LogP contribution in [-0.2, 0) is 10.0 Å². The number of carbonyl (C=O) groups is 1. The number of carbonyl (C=O) groups excluding carboxylic acids is 1. The molecule has 3 N–H and O–H groups in total. The second-order valence-corrected chi connectivity index (χ2v) is 7.36. The lowest BCUT2D eigenvalue weighted by atomic mass is 10.1. The Morgan fingerprint density at radius 3 is 2.52 bits per heavy atom. The van der Waals surface area contributed by atoms with Crippen molar-refractivity contribution in [2.24, 2.45) is 5.73 Å². The van der Waals surface area contributed by atoms with Crippen molar-refractivity contribution in [1.82, 2.24) is 9.71 Å². The smallest absolute Gasteiger partial charge is 0.248 e. The second-order valence-electron chi connectivity index (χ2n) is 5.68. The molecule has 7 heteroatoms. The minimum absolute atomic E-state index is 0.202. The third kappa shape index (κ3) is 3.52. The molecule has 0 aliphatic carbocycles. The average molecular weight is 355 g/mol. The SMILES string of the molecule is CC(NS(=O)(=O)c1cccc2cnccc12)c1ccc(C(N)=O)cc1. The van der Waals surface area contributed by atoms with Gasteiger partial charge in [0.25, 0.3) is 0 Å². The number of amides is 1. The van der Waals surface area contributed by atoms with E-state index in [2.05, 4.69) is 9.71 Å². The topological polar surface area (TPSA) is 102 Å². The Morgan fingerprint density at radius 1 is 1.12 bits per heavy atom. The Balaban J connectivity index is 1.91. The van der Waals surface area contributed by atoms with Crippen LogP contribution in [0.1, 0.15) is 28.9 Å². The number of pyridine rings is 1. The number of benzene rings is 2. The standard InChI is InChI=1S/C18H17N3O3S/c1-12(13-5-7-14(8-6-13)18(19)22)21-25(23,24)17-4-2-3-15-11-20-10-9-16(15)17/h2-12,21H,1H3,(H2,19,22). The number of nitrogens with one attached hydrogen (secondary N) is 1. The van der Waals surface area contributed by atoms with E-state index in [-0.39, 0.29) is 4.90 Å². The van der Waals surface area contributed by atoms with Gasteiger partial charge in [-0.3, -0.25) is 9.78 Å². The van der Waals surface area contributed by atoms with Gasteiger partial charge < -0.3 is 5.73 Å². The molecule has 1 atom stereocenters. The summed E-state index contributed by atoms with van der Waals surface area (Å²) in [6.07, 6.45) is 3.19. The lowest BCUT2D eigenvalue weighted by Gasteiger charge is -2.16. The molecule has 2 aromatic carbocycles. The van der Waals surface area contributed by atoms with Crippen LogP contribution in [0.25, 0.3) is 10.8 Å². The molecule has 1 heterocycles. The van der Waals surface area contributed by atoms with Crippen LogP contribution in [0.2, 0.25) is 0 Å². The Morgan fingerprint density at radius 2 is 1.84 bits per heavy atom. The quantitative estimate of drug-likeness (QED) is 0.733. The molecule has 3 aromatic rings. The fraction of sp³-hybridized carbons (Fsp3) is 0.111. The number of nitrogens with zero attached hydrogens (tertiary/aromatic N) is 1. The molecule has 0 bridgehead atoms. The molecule has 1 amide bonds. The van der Waals surface area contributed by atoms with Gasteiger partial charge in [-0.15, -0.1) is 0 Å². The third-order valence-corrected chi connectivity index (χ3v) is 5.56. The molecule has 128 valence electrons. The van der Waals surface area contributed by atoms with E-state index in [1.807, 2.05) is 6.07 Å². The Hall–Kier alpha value is -2.77. The highest BCUT2D eigenvalue weighted by atomic mass is 32.2. The first-order valence-electron chi connectivity index (χ1n) is 7.63. The van der Waals surface area contributed by atoms with Gasteiger partial charge in [0.2, 0.25) is 15.9 Å². The summed E-state index contributed by atoms with van der Waals surface area (Å²) in [5, 5.41) is 1.37. The van der Waals surface area contributed by atoms with Crippen molar-refractivity contribution in [3.05, 3.63) is 72.1 Å². The van der Waals surface area contributed by atoms with Crippen molar-refractivity contribution < 1.29 is 13.2 Å². The maximum Gasteiger partial charge on any atom is 0.248 e. The van der Waals surface area contributed by atoms with E-state index in [4.69, 9.17) is 5.73 Å².